The van der Waals surface area contributed by atoms with Crippen molar-refractivity contribution in [2.45, 2.75) is 0 Å². The Bertz CT molecular complexity index is 401. The third-order valence-electron chi connectivity index (χ3n) is 1.06. The van der Waals surface area contributed by atoms with Crippen LogP contribution in [-0.2, 0) is 0 Å². The Hall–Kier alpha value is -1.16. The van der Waals surface area contributed by atoms with Crippen molar-refractivity contribution in [1.82, 2.24) is 19.9 Å². The summed E-state index contributed by atoms with van der Waals surface area (Å²) in [5.74, 6) is 0.230. The third-order valence-corrected chi connectivity index (χ3v) is 1.34. The number of nitrogens with one attached hydrogen (secondary N) is 1. The van der Waals surface area contributed by atoms with Gasteiger partial charge in [0.25, 0.3) is 0 Å². The van der Waals surface area contributed by atoms with E-state index in [1.165, 1.54) is 0 Å². The van der Waals surface area contributed by atoms with E-state index in [1.54, 1.807) is 0 Å². The van der Waals surface area contributed by atoms with Gasteiger partial charge in [-0.05, 0) is 0 Å². The van der Waals surface area contributed by atoms with Crippen LogP contribution in [0.25, 0.3) is 11.5 Å². The molecule has 0 unspecified atom stereocenters. The molecule has 2 rings (SSSR count). The van der Waals surface area contributed by atoms with E-state index in [2.05, 4.69) is 19.9 Å². The molecule has 0 atom stereocenters. The molecule has 2 aliphatic heterocycles. The summed E-state index contributed by atoms with van der Waals surface area (Å²) < 4.78 is 14.2. The van der Waals surface area contributed by atoms with E-state index in [0.29, 0.717) is 5.69 Å². The summed E-state index contributed by atoms with van der Waals surface area (Å²) in [6, 6.07) is 0. The lowest BCUT2D eigenvalue weighted by molar-refractivity contribution is 1.13. The second-order valence-corrected chi connectivity index (χ2v) is 2.04. The molecule has 5 heteroatoms. The minimum absolute atomic E-state index is 0.0904. The van der Waals surface area contributed by atoms with Gasteiger partial charge in [-0.15, -0.1) is 0 Å². The molecule has 0 amide bonds. The summed E-state index contributed by atoms with van der Waals surface area (Å²) in [5, 5.41) is 0.191. The first-order valence-corrected chi connectivity index (χ1v) is 2.91. The average molecular weight is 157 g/mol. The number of fused-ring (bicyclic) bond motifs is 1. The number of nitrogens with zero attached hydrogens (tertiary/aromatic N) is 3. The Morgan fingerprint density at radius 1 is 1.50 bits per heavy atom. The maximum Gasteiger partial charge on any atom is 0.184 e. The Kier molecular flexibility index (Phi) is 0.742. The van der Waals surface area contributed by atoms with Crippen molar-refractivity contribution < 1.29 is 2.74 Å². The quantitative estimate of drug-likeness (QED) is 0.578. The minimum Gasteiger partial charge on any atom is -0.335 e. The van der Waals surface area contributed by atoms with E-state index < -0.39 is 0 Å². The number of imidazole rings is 1. The second-order valence-electron chi connectivity index (χ2n) is 1.66. The van der Waals surface area contributed by atoms with Gasteiger partial charge in [-0.25, -0.2) is 15.0 Å². The van der Waals surface area contributed by atoms with Gasteiger partial charge in [-0.3, -0.25) is 0 Å². The van der Waals surface area contributed by atoms with E-state index in [4.69, 9.17) is 14.3 Å². The van der Waals surface area contributed by atoms with Crippen molar-refractivity contribution in [2.75, 3.05) is 0 Å². The first kappa shape index (κ1) is 3.88. The highest BCUT2D eigenvalue weighted by Gasteiger charge is 2.09. The zero-order valence-electron chi connectivity index (χ0n) is 6.72. The van der Waals surface area contributed by atoms with Gasteiger partial charge in [0.15, 0.2) is 5.82 Å². The zero-order valence-corrected chi connectivity index (χ0v) is 5.48. The van der Waals surface area contributed by atoms with Gasteiger partial charge in [-0.2, -0.15) is 0 Å². The molecule has 0 fully saturated rings. The molecule has 0 saturated heterocycles. The predicted molar refractivity (Wildman–Crippen MR) is 35.8 cm³/mol. The molecule has 2 aliphatic rings. The predicted octanol–water partition coefficient (Wildman–Crippen LogP) is 0.958. The van der Waals surface area contributed by atoms with Crippen molar-refractivity contribution in [2.24, 2.45) is 0 Å². The third kappa shape index (κ3) is 0.657. The maximum atomic E-state index is 7.15. The van der Waals surface area contributed by atoms with Crippen LogP contribution in [0.4, 0.5) is 0 Å². The Balaban J connectivity index is 2.79. The standard InChI is InChI=1S/C5H3ClN4/c6-4-3-5(9-1-7-3)10-2-8-4/h1-2H,(H,7,8,9,10)/i1D,2D. The van der Waals surface area contributed by atoms with Crippen LogP contribution in [-0.4, -0.2) is 19.9 Å². The lowest BCUT2D eigenvalue weighted by Gasteiger charge is -1.94. The van der Waals surface area contributed by atoms with E-state index in [9.17, 15) is 0 Å². The monoisotopic (exact) mass is 156 g/mol. The van der Waals surface area contributed by atoms with Crippen LogP contribution >= 0.6 is 11.6 Å². The fraction of sp³-hybridized carbons (Fsp3) is 0. The molecule has 2 heterocycles. The summed E-state index contributed by atoms with van der Waals surface area (Å²) in [6.45, 7) is 0. The molecule has 50 valence electrons. The van der Waals surface area contributed by atoms with E-state index >= 15 is 0 Å². The van der Waals surface area contributed by atoms with Crippen LogP contribution < -0.4 is 0 Å². The molecule has 0 saturated carbocycles. The number of rotatable bonds is 0. The molecule has 10 heavy (non-hydrogen) atoms. The molecule has 0 aromatic heterocycles. The van der Waals surface area contributed by atoms with Gasteiger partial charge in [0.2, 0.25) is 0 Å². The first-order chi connectivity index (χ1) is 5.66. The molecule has 0 spiro atoms. The number of aromatic nitrogens is 4. The van der Waals surface area contributed by atoms with Crippen LogP contribution in [0.2, 0.25) is 5.15 Å². The smallest absolute Gasteiger partial charge is 0.184 e. The zero-order chi connectivity index (χ0) is 8.72. The highest BCUT2D eigenvalue weighted by molar-refractivity contribution is 6.31. The summed E-state index contributed by atoms with van der Waals surface area (Å²) >= 11 is 5.67. The number of halogens is 1. The highest BCUT2D eigenvalue weighted by Crippen LogP contribution is 2.19. The summed E-state index contributed by atoms with van der Waals surface area (Å²) in [5.41, 5.74) is 0.331. The number of hydrogen-bond donors (Lipinski definition) is 1. The van der Waals surface area contributed by atoms with Gasteiger partial charge in [0.05, 0.1) is 6.30 Å². The van der Waals surface area contributed by atoms with Crippen molar-refractivity contribution in [3.63, 3.8) is 0 Å². The van der Waals surface area contributed by atoms with Crippen LogP contribution in [0.1, 0.15) is 2.74 Å². The van der Waals surface area contributed by atoms with Gasteiger partial charge >= 0.3 is 0 Å². The molecule has 1 N–H and O–H groups in total. The van der Waals surface area contributed by atoms with E-state index in [1.807, 2.05) is 0 Å². The highest BCUT2D eigenvalue weighted by atomic mass is 35.5. The fourth-order valence-corrected chi connectivity index (χ4v) is 0.809. The Morgan fingerprint density at radius 3 is 3.30 bits per heavy atom. The second kappa shape index (κ2) is 1.91. The molecular formula is C5H3ClN4. The SMILES string of the molecule is [2H]c1nc2nc([2H])[nH]c(Cl)c-2n1. The summed E-state index contributed by atoms with van der Waals surface area (Å²) in [6.07, 6.45) is -0.231. The normalized spacial score (nSPS) is 13.3. The lowest BCUT2D eigenvalue weighted by Crippen LogP contribution is -1.87. The topological polar surface area (TPSA) is 54.5 Å². The molecular weight excluding hydrogens is 152 g/mol. The number of hydrogen-bond acceptors (Lipinski definition) is 3. The molecule has 0 aromatic carbocycles. The maximum absolute atomic E-state index is 7.15. The van der Waals surface area contributed by atoms with Crippen LogP contribution in [0.3, 0.4) is 0 Å². The molecule has 4 nitrogen and oxygen atoms in total. The van der Waals surface area contributed by atoms with Crippen LogP contribution in [0.5, 0.6) is 0 Å². The van der Waals surface area contributed by atoms with Gasteiger partial charge in [0, 0.05) is 0 Å². The molecule has 0 aliphatic carbocycles. The van der Waals surface area contributed by atoms with E-state index in [0.717, 1.165) is 0 Å². The largest absolute Gasteiger partial charge is 0.335 e. The average Bonchev–Trinajstić information content (AvgIpc) is 2.29. The lowest BCUT2D eigenvalue weighted by atomic mass is 10.4. The van der Waals surface area contributed by atoms with Crippen LogP contribution in [0, 0.1) is 0 Å². The van der Waals surface area contributed by atoms with Gasteiger partial charge < -0.3 is 4.98 Å². The van der Waals surface area contributed by atoms with Gasteiger partial charge in [-0.1, -0.05) is 11.6 Å². The first-order valence-electron chi connectivity index (χ1n) is 3.53. The van der Waals surface area contributed by atoms with Crippen molar-refractivity contribution in [3.8, 4) is 11.5 Å². The Morgan fingerprint density at radius 2 is 2.40 bits per heavy atom. The van der Waals surface area contributed by atoms with E-state index in [-0.39, 0.29) is 23.6 Å². The molecule has 0 aromatic rings. The van der Waals surface area contributed by atoms with Crippen LogP contribution in [0.15, 0.2) is 12.6 Å². The van der Waals surface area contributed by atoms with Crippen molar-refractivity contribution >= 4 is 11.6 Å². The van der Waals surface area contributed by atoms with Gasteiger partial charge in [0.1, 0.15) is 19.9 Å². The Labute approximate surface area is 64.4 Å². The number of H-pyrrole nitrogens is 1. The molecule has 0 bridgehead atoms. The summed E-state index contributed by atoms with van der Waals surface area (Å²) in [4.78, 5) is 13.5. The van der Waals surface area contributed by atoms with Crippen molar-refractivity contribution in [1.29, 1.82) is 0 Å². The minimum atomic E-state index is -0.140. The van der Waals surface area contributed by atoms with Crippen molar-refractivity contribution in [3.05, 3.63) is 17.8 Å². The molecule has 0 radical (unpaired) electrons. The fourth-order valence-electron chi connectivity index (χ4n) is 0.640. The number of aromatic amines is 1. The summed E-state index contributed by atoms with van der Waals surface area (Å²) in [7, 11) is 0.